The van der Waals surface area contributed by atoms with E-state index in [-0.39, 0.29) is 17.9 Å². The predicted octanol–water partition coefficient (Wildman–Crippen LogP) is 1.08. The summed E-state index contributed by atoms with van der Waals surface area (Å²) in [4.78, 5) is 0. The van der Waals surface area contributed by atoms with E-state index in [1.54, 1.807) is 7.05 Å². The van der Waals surface area contributed by atoms with Crippen LogP contribution in [-0.4, -0.2) is 38.5 Å². The lowest BCUT2D eigenvalue weighted by Crippen LogP contribution is -2.41. The fourth-order valence-corrected chi connectivity index (χ4v) is 4.06. The van der Waals surface area contributed by atoms with E-state index in [9.17, 15) is 8.42 Å². The second kappa shape index (κ2) is 6.22. The summed E-state index contributed by atoms with van der Waals surface area (Å²) in [5, 5.41) is 0. The van der Waals surface area contributed by atoms with Crippen LogP contribution >= 0.6 is 0 Å². The zero-order valence-electron chi connectivity index (χ0n) is 12.0. The molecule has 2 rings (SSSR count). The fraction of sp³-hybridized carbons (Fsp3) is 0.571. The van der Waals surface area contributed by atoms with Gasteiger partial charge in [-0.1, -0.05) is 24.3 Å². The fourth-order valence-electron chi connectivity index (χ4n) is 2.56. The number of sulfonamides is 1. The van der Waals surface area contributed by atoms with Gasteiger partial charge in [-0.2, -0.15) is 4.31 Å². The highest BCUT2D eigenvalue weighted by atomic mass is 32.2. The van der Waals surface area contributed by atoms with Crippen LogP contribution in [0.15, 0.2) is 24.3 Å². The zero-order valence-corrected chi connectivity index (χ0v) is 12.8. The lowest BCUT2D eigenvalue weighted by molar-refractivity contribution is 0.102. The Kier molecular flexibility index (Phi) is 4.80. The maximum atomic E-state index is 12.5. The Morgan fingerprint density at radius 2 is 2.10 bits per heavy atom. The quantitative estimate of drug-likeness (QED) is 0.883. The van der Waals surface area contributed by atoms with Gasteiger partial charge < -0.3 is 10.5 Å². The van der Waals surface area contributed by atoms with Crippen LogP contribution in [0.1, 0.15) is 24.5 Å². The third-order valence-corrected chi connectivity index (χ3v) is 5.66. The van der Waals surface area contributed by atoms with Gasteiger partial charge in [-0.25, -0.2) is 8.42 Å². The van der Waals surface area contributed by atoms with E-state index < -0.39 is 10.0 Å². The number of hydrogen-bond acceptors (Lipinski definition) is 4. The van der Waals surface area contributed by atoms with Crippen LogP contribution < -0.4 is 5.73 Å². The summed E-state index contributed by atoms with van der Waals surface area (Å²) in [6.45, 7) is 2.95. The molecular formula is C14H22N2O3S. The third kappa shape index (κ3) is 3.38. The van der Waals surface area contributed by atoms with Gasteiger partial charge in [0.25, 0.3) is 0 Å². The summed E-state index contributed by atoms with van der Waals surface area (Å²) in [5.41, 5.74) is 7.30. The molecule has 5 nitrogen and oxygen atoms in total. The van der Waals surface area contributed by atoms with Crippen LogP contribution in [0.4, 0.5) is 0 Å². The molecule has 1 aliphatic heterocycles. The monoisotopic (exact) mass is 298 g/mol. The van der Waals surface area contributed by atoms with E-state index in [4.69, 9.17) is 10.5 Å². The summed E-state index contributed by atoms with van der Waals surface area (Å²) in [6, 6.07) is 7.33. The van der Waals surface area contributed by atoms with Crippen molar-refractivity contribution in [3.8, 4) is 0 Å². The number of nitrogens with two attached hydrogens (primary N) is 1. The summed E-state index contributed by atoms with van der Waals surface area (Å²) < 4.78 is 31.8. The predicted molar refractivity (Wildman–Crippen MR) is 78.5 cm³/mol. The standard InChI is InChI=1S/C14H22N2O3S/c1-11-14(6-7-19-11)16(2)20(17,18)10-13-5-3-4-12(8-13)9-15/h3-5,8,11,14H,6-7,9-10,15H2,1-2H3. The van der Waals surface area contributed by atoms with Gasteiger partial charge in [0, 0.05) is 20.2 Å². The van der Waals surface area contributed by atoms with Crippen molar-refractivity contribution < 1.29 is 13.2 Å². The van der Waals surface area contributed by atoms with Gasteiger partial charge in [0.1, 0.15) is 0 Å². The van der Waals surface area contributed by atoms with Gasteiger partial charge in [-0.15, -0.1) is 0 Å². The molecule has 2 atom stereocenters. The number of likely N-dealkylation sites (N-methyl/N-ethyl adjacent to an activating group) is 1. The van der Waals surface area contributed by atoms with Gasteiger partial charge in [0.2, 0.25) is 10.0 Å². The number of rotatable bonds is 5. The van der Waals surface area contributed by atoms with Gasteiger partial charge in [0.05, 0.1) is 17.9 Å². The second-order valence-electron chi connectivity index (χ2n) is 5.23. The minimum Gasteiger partial charge on any atom is -0.377 e. The summed E-state index contributed by atoms with van der Waals surface area (Å²) >= 11 is 0. The Morgan fingerprint density at radius 3 is 2.70 bits per heavy atom. The van der Waals surface area contributed by atoms with Crippen molar-refractivity contribution in [3.05, 3.63) is 35.4 Å². The molecule has 0 amide bonds. The zero-order chi connectivity index (χ0) is 14.8. The molecule has 1 aromatic carbocycles. The van der Waals surface area contributed by atoms with E-state index >= 15 is 0 Å². The van der Waals surface area contributed by atoms with Crippen LogP contribution in [-0.2, 0) is 27.1 Å². The van der Waals surface area contributed by atoms with Crippen molar-refractivity contribution in [2.75, 3.05) is 13.7 Å². The lowest BCUT2D eigenvalue weighted by atomic mass is 10.1. The molecule has 20 heavy (non-hydrogen) atoms. The first kappa shape index (κ1) is 15.4. The first-order valence-corrected chi connectivity index (χ1v) is 8.40. The Labute approximate surface area is 120 Å². The summed E-state index contributed by atoms with van der Waals surface area (Å²) in [7, 11) is -1.71. The molecule has 1 aliphatic rings. The SMILES string of the molecule is CC1OCCC1N(C)S(=O)(=O)Cc1cccc(CN)c1. The summed E-state index contributed by atoms with van der Waals surface area (Å²) in [5.74, 6) is 0.000556. The molecule has 2 N–H and O–H groups in total. The van der Waals surface area contributed by atoms with Crippen LogP contribution in [0.25, 0.3) is 0 Å². The maximum Gasteiger partial charge on any atom is 0.218 e. The number of nitrogens with zero attached hydrogens (tertiary/aromatic N) is 1. The number of hydrogen-bond donors (Lipinski definition) is 1. The first-order chi connectivity index (χ1) is 9.44. The van der Waals surface area contributed by atoms with Crippen molar-refractivity contribution in [1.29, 1.82) is 0 Å². The number of benzene rings is 1. The topological polar surface area (TPSA) is 72.6 Å². The smallest absolute Gasteiger partial charge is 0.218 e. The minimum absolute atomic E-state index is 0.000556. The Balaban J connectivity index is 2.13. The van der Waals surface area contributed by atoms with Gasteiger partial charge in [-0.05, 0) is 24.5 Å². The van der Waals surface area contributed by atoms with Gasteiger partial charge in [0.15, 0.2) is 0 Å². The summed E-state index contributed by atoms with van der Waals surface area (Å²) in [6.07, 6.45) is 0.699. The maximum absolute atomic E-state index is 12.5. The molecule has 0 saturated carbocycles. The molecule has 0 aromatic heterocycles. The Morgan fingerprint density at radius 1 is 1.40 bits per heavy atom. The van der Waals surface area contributed by atoms with E-state index in [1.165, 1.54) is 4.31 Å². The minimum atomic E-state index is -3.34. The van der Waals surface area contributed by atoms with Crippen molar-refractivity contribution in [1.82, 2.24) is 4.31 Å². The van der Waals surface area contributed by atoms with Crippen LogP contribution in [0.5, 0.6) is 0 Å². The van der Waals surface area contributed by atoms with Crippen LogP contribution in [0, 0.1) is 0 Å². The van der Waals surface area contributed by atoms with E-state index in [0.717, 1.165) is 17.5 Å². The highest BCUT2D eigenvalue weighted by molar-refractivity contribution is 7.88. The van der Waals surface area contributed by atoms with Gasteiger partial charge >= 0.3 is 0 Å². The van der Waals surface area contributed by atoms with Crippen LogP contribution in [0.3, 0.4) is 0 Å². The molecule has 0 aliphatic carbocycles. The van der Waals surface area contributed by atoms with Crippen molar-refractivity contribution in [2.45, 2.75) is 37.8 Å². The second-order valence-corrected chi connectivity index (χ2v) is 7.26. The highest BCUT2D eigenvalue weighted by Gasteiger charge is 2.34. The van der Waals surface area contributed by atoms with E-state index in [2.05, 4.69) is 0 Å². The molecule has 0 spiro atoms. The lowest BCUT2D eigenvalue weighted by Gasteiger charge is -2.26. The molecule has 112 valence electrons. The Hall–Kier alpha value is -0.950. The van der Waals surface area contributed by atoms with Crippen molar-refractivity contribution in [2.24, 2.45) is 5.73 Å². The molecule has 1 fully saturated rings. The van der Waals surface area contributed by atoms with E-state index in [0.29, 0.717) is 13.2 Å². The number of ether oxygens (including phenoxy) is 1. The normalized spacial score (nSPS) is 23.4. The van der Waals surface area contributed by atoms with Crippen LogP contribution in [0.2, 0.25) is 0 Å². The van der Waals surface area contributed by atoms with Gasteiger partial charge in [-0.3, -0.25) is 0 Å². The highest BCUT2D eigenvalue weighted by Crippen LogP contribution is 2.22. The van der Waals surface area contributed by atoms with Crippen molar-refractivity contribution >= 4 is 10.0 Å². The molecule has 1 saturated heterocycles. The third-order valence-electron chi connectivity index (χ3n) is 3.82. The van der Waals surface area contributed by atoms with E-state index in [1.807, 2.05) is 31.2 Å². The first-order valence-electron chi connectivity index (χ1n) is 6.79. The largest absolute Gasteiger partial charge is 0.377 e. The Bertz CT molecular complexity index is 559. The molecule has 1 aromatic rings. The molecule has 0 bridgehead atoms. The molecule has 1 heterocycles. The molecule has 2 unspecified atom stereocenters. The van der Waals surface area contributed by atoms with Crippen molar-refractivity contribution in [3.63, 3.8) is 0 Å². The average Bonchev–Trinajstić information content (AvgIpc) is 2.83. The molecular weight excluding hydrogens is 276 g/mol. The average molecular weight is 298 g/mol. The molecule has 0 radical (unpaired) electrons. The molecule has 6 heteroatoms.